The van der Waals surface area contributed by atoms with Gasteiger partial charge in [-0.2, -0.15) is 0 Å². The second kappa shape index (κ2) is 15.8. The standard InChI is InChI=1S/C28H43N5O6/c1-6-21-16-33(25(35)12-13-39-5)17-24(34)29-19(4)26(36)31-22(14-18(2)3)28(38)32-23(27(37)30-21)15-20-10-8-7-9-11-20/h7-11,18-19,21-23H,6,12-17H2,1-5H3,(H,29,34)(H,30,37)(H,31,36)(H,32,38)/t19-,21+,22+,23+/m1/s1. The summed E-state index contributed by atoms with van der Waals surface area (Å²) in [6.07, 6.45) is 1.13. The van der Waals surface area contributed by atoms with Gasteiger partial charge in [-0.25, -0.2) is 0 Å². The number of amides is 5. The van der Waals surface area contributed by atoms with Crippen LogP contribution in [-0.4, -0.2) is 85.4 Å². The van der Waals surface area contributed by atoms with E-state index >= 15 is 0 Å². The number of ether oxygens (including phenoxy) is 1. The molecule has 1 aliphatic rings. The van der Waals surface area contributed by atoms with E-state index in [1.807, 2.05) is 51.1 Å². The van der Waals surface area contributed by atoms with Crippen molar-refractivity contribution >= 4 is 29.5 Å². The first-order valence-corrected chi connectivity index (χ1v) is 13.5. The zero-order chi connectivity index (χ0) is 28.9. The fourth-order valence-electron chi connectivity index (χ4n) is 4.30. The zero-order valence-electron chi connectivity index (χ0n) is 23.6. The lowest BCUT2D eigenvalue weighted by Gasteiger charge is -2.29. The summed E-state index contributed by atoms with van der Waals surface area (Å²) in [5.74, 6) is -2.19. The van der Waals surface area contributed by atoms with Gasteiger partial charge in [0.1, 0.15) is 18.1 Å². The van der Waals surface area contributed by atoms with Crippen LogP contribution in [0.3, 0.4) is 0 Å². The Kier molecular flexibility index (Phi) is 12.9. The van der Waals surface area contributed by atoms with E-state index in [1.54, 1.807) is 0 Å². The van der Waals surface area contributed by atoms with Crippen LogP contribution in [0.1, 0.15) is 52.5 Å². The summed E-state index contributed by atoms with van der Waals surface area (Å²) in [7, 11) is 1.48. The fraction of sp³-hybridized carbons (Fsp3) is 0.607. The van der Waals surface area contributed by atoms with Gasteiger partial charge in [-0.05, 0) is 31.2 Å². The Labute approximate surface area is 230 Å². The molecule has 216 valence electrons. The molecule has 11 heteroatoms. The summed E-state index contributed by atoms with van der Waals surface area (Å²) in [6, 6.07) is 6.08. The minimum Gasteiger partial charge on any atom is -0.384 e. The molecule has 1 aromatic rings. The molecule has 0 aliphatic carbocycles. The second-order valence-corrected chi connectivity index (χ2v) is 10.4. The largest absolute Gasteiger partial charge is 0.384 e. The van der Waals surface area contributed by atoms with Gasteiger partial charge in [0, 0.05) is 26.1 Å². The van der Waals surface area contributed by atoms with Crippen LogP contribution in [0.5, 0.6) is 0 Å². The third kappa shape index (κ3) is 10.7. The molecule has 11 nitrogen and oxygen atoms in total. The Hall–Kier alpha value is -3.47. The molecule has 0 radical (unpaired) electrons. The molecular weight excluding hydrogens is 502 g/mol. The third-order valence-electron chi connectivity index (χ3n) is 6.51. The molecular formula is C28H43N5O6. The lowest BCUT2D eigenvalue weighted by Crippen LogP contribution is -2.57. The number of carbonyl (C=O) groups excluding carboxylic acids is 5. The van der Waals surface area contributed by atoms with E-state index in [0.29, 0.717) is 12.8 Å². The molecule has 1 heterocycles. The van der Waals surface area contributed by atoms with E-state index in [1.165, 1.54) is 18.9 Å². The summed E-state index contributed by atoms with van der Waals surface area (Å²) < 4.78 is 5.02. The van der Waals surface area contributed by atoms with Gasteiger partial charge in [0.15, 0.2) is 0 Å². The summed E-state index contributed by atoms with van der Waals surface area (Å²) in [6.45, 7) is 7.22. The minimum atomic E-state index is -0.942. The van der Waals surface area contributed by atoms with Crippen molar-refractivity contribution in [1.82, 2.24) is 26.2 Å². The molecule has 1 saturated heterocycles. The Morgan fingerprint density at radius 3 is 2.23 bits per heavy atom. The van der Waals surface area contributed by atoms with Crippen molar-refractivity contribution in [3.8, 4) is 0 Å². The number of hydrogen-bond donors (Lipinski definition) is 4. The van der Waals surface area contributed by atoms with E-state index in [9.17, 15) is 24.0 Å². The molecule has 2 rings (SSSR count). The van der Waals surface area contributed by atoms with E-state index in [2.05, 4.69) is 21.3 Å². The monoisotopic (exact) mass is 545 g/mol. The maximum atomic E-state index is 13.5. The molecule has 0 unspecified atom stereocenters. The number of benzene rings is 1. The summed E-state index contributed by atoms with van der Waals surface area (Å²) in [5, 5.41) is 11.1. The third-order valence-corrected chi connectivity index (χ3v) is 6.51. The van der Waals surface area contributed by atoms with Crippen molar-refractivity contribution in [3.05, 3.63) is 35.9 Å². The maximum absolute atomic E-state index is 13.5. The van der Waals surface area contributed by atoms with Crippen LogP contribution in [-0.2, 0) is 35.1 Å². The Balaban J connectivity index is 2.43. The summed E-state index contributed by atoms with van der Waals surface area (Å²) >= 11 is 0. The number of nitrogens with one attached hydrogen (secondary N) is 4. The van der Waals surface area contributed by atoms with Crippen LogP contribution in [0.25, 0.3) is 0 Å². The maximum Gasteiger partial charge on any atom is 0.243 e. The highest BCUT2D eigenvalue weighted by molar-refractivity contribution is 5.95. The van der Waals surface area contributed by atoms with Gasteiger partial charge in [-0.1, -0.05) is 51.1 Å². The molecule has 0 aromatic heterocycles. The Bertz CT molecular complexity index is 986. The molecule has 1 aliphatic heterocycles. The van der Waals surface area contributed by atoms with Crippen molar-refractivity contribution in [2.45, 2.75) is 77.5 Å². The van der Waals surface area contributed by atoms with Gasteiger partial charge in [-0.15, -0.1) is 0 Å². The van der Waals surface area contributed by atoms with E-state index < -0.39 is 47.8 Å². The van der Waals surface area contributed by atoms with Crippen LogP contribution < -0.4 is 21.3 Å². The molecule has 4 N–H and O–H groups in total. The van der Waals surface area contributed by atoms with Crippen LogP contribution in [0.4, 0.5) is 0 Å². The smallest absolute Gasteiger partial charge is 0.243 e. The predicted molar refractivity (Wildman–Crippen MR) is 146 cm³/mol. The van der Waals surface area contributed by atoms with Crippen LogP contribution in [0.2, 0.25) is 0 Å². The Morgan fingerprint density at radius 1 is 0.974 bits per heavy atom. The lowest BCUT2D eigenvalue weighted by molar-refractivity contribution is -0.138. The molecule has 1 aromatic carbocycles. The predicted octanol–water partition coefficient (Wildman–Crippen LogP) is 0.523. The van der Waals surface area contributed by atoms with Gasteiger partial charge in [-0.3, -0.25) is 24.0 Å². The minimum absolute atomic E-state index is 0.0633. The number of nitrogens with zero attached hydrogens (tertiary/aromatic N) is 1. The first-order valence-electron chi connectivity index (χ1n) is 13.5. The van der Waals surface area contributed by atoms with Crippen molar-refractivity contribution in [3.63, 3.8) is 0 Å². The number of carbonyl (C=O) groups is 5. The van der Waals surface area contributed by atoms with Gasteiger partial charge in [0.25, 0.3) is 0 Å². The van der Waals surface area contributed by atoms with Crippen LogP contribution >= 0.6 is 0 Å². The number of hydrogen-bond acceptors (Lipinski definition) is 6. The van der Waals surface area contributed by atoms with Crippen molar-refractivity contribution in [2.24, 2.45) is 5.92 Å². The van der Waals surface area contributed by atoms with E-state index in [4.69, 9.17) is 4.74 Å². The quantitative estimate of drug-likeness (QED) is 0.375. The van der Waals surface area contributed by atoms with E-state index in [0.717, 1.165) is 5.56 Å². The molecule has 4 atom stereocenters. The van der Waals surface area contributed by atoms with Crippen molar-refractivity contribution < 1.29 is 28.7 Å². The lowest BCUT2D eigenvalue weighted by atomic mass is 10.0. The van der Waals surface area contributed by atoms with Gasteiger partial charge < -0.3 is 30.9 Å². The molecule has 1 fully saturated rings. The SMILES string of the molecule is CC[C@H]1CN(C(=O)CCOC)CC(=O)N[C@H](C)C(=O)N[C@@H](CC(C)C)C(=O)N[C@@H](Cc2ccccc2)C(=O)N1. The van der Waals surface area contributed by atoms with Crippen molar-refractivity contribution in [1.29, 1.82) is 0 Å². The highest BCUT2D eigenvalue weighted by Crippen LogP contribution is 2.10. The fourth-order valence-corrected chi connectivity index (χ4v) is 4.30. The Morgan fingerprint density at radius 2 is 1.62 bits per heavy atom. The van der Waals surface area contributed by atoms with Crippen molar-refractivity contribution in [2.75, 3.05) is 26.8 Å². The molecule has 0 saturated carbocycles. The number of methoxy groups -OCH3 is 1. The highest BCUT2D eigenvalue weighted by atomic mass is 16.5. The highest BCUT2D eigenvalue weighted by Gasteiger charge is 2.31. The average Bonchev–Trinajstić information content (AvgIpc) is 2.89. The average molecular weight is 546 g/mol. The normalized spacial score (nSPS) is 23.7. The van der Waals surface area contributed by atoms with Gasteiger partial charge in [0.2, 0.25) is 29.5 Å². The number of rotatable bonds is 8. The second-order valence-electron chi connectivity index (χ2n) is 10.4. The topological polar surface area (TPSA) is 146 Å². The van der Waals surface area contributed by atoms with Crippen LogP contribution in [0, 0.1) is 5.92 Å². The van der Waals surface area contributed by atoms with E-state index in [-0.39, 0.29) is 44.4 Å². The summed E-state index contributed by atoms with van der Waals surface area (Å²) in [4.78, 5) is 66.9. The first kappa shape index (κ1) is 31.7. The van der Waals surface area contributed by atoms with Gasteiger partial charge >= 0.3 is 0 Å². The molecule has 39 heavy (non-hydrogen) atoms. The zero-order valence-corrected chi connectivity index (χ0v) is 23.6. The van der Waals surface area contributed by atoms with Gasteiger partial charge in [0.05, 0.1) is 19.6 Å². The first-order chi connectivity index (χ1) is 18.5. The molecule has 5 amide bonds. The molecule has 0 spiro atoms. The molecule has 0 bridgehead atoms. The summed E-state index contributed by atoms with van der Waals surface area (Å²) in [5.41, 5.74) is 0.855. The van der Waals surface area contributed by atoms with Crippen LogP contribution in [0.15, 0.2) is 30.3 Å².